The molecule has 0 nitrogen and oxygen atoms in total. The average molecular weight is 526 g/mol. The Morgan fingerprint density at radius 2 is 0.821 bits per heavy atom. The van der Waals surface area contributed by atoms with Gasteiger partial charge in [-0.1, -0.05) is 80.4 Å². The number of rotatable bonds is 0. The molecule has 0 bridgehead atoms. The van der Waals surface area contributed by atoms with Gasteiger partial charge in [-0.25, -0.2) is 0 Å². The minimum atomic E-state index is 1.15. The molecule has 6 rings (SSSR count). The Morgan fingerprint density at radius 1 is 0.429 bits per heavy atom. The van der Waals surface area contributed by atoms with Crippen LogP contribution in [0.2, 0.25) is 0 Å². The molecule has 0 saturated carbocycles. The molecule has 28 heavy (non-hydrogen) atoms. The molecule has 6 aromatic rings. The number of hydrogen-bond donors (Lipinski definition) is 0. The number of halogens is 2. The third kappa shape index (κ3) is 3.39. The molecule has 0 N–H and O–H groups in total. The van der Waals surface area contributed by atoms with Gasteiger partial charge in [0.05, 0.1) is 0 Å². The zero-order valence-electron chi connectivity index (χ0n) is 14.7. The summed E-state index contributed by atoms with van der Waals surface area (Å²) < 4.78 is 7.72. The molecule has 136 valence electrons. The van der Waals surface area contributed by atoms with E-state index in [1.807, 2.05) is 22.7 Å². The fourth-order valence-electron chi connectivity index (χ4n) is 3.40. The van der Waals surface area contributed by atoms with Crippen molar-refractivity contribution in [3.05, 3.63) is 93.9 Å². The van der Waals surface area contributed by atoms with Crippen molar-refractivity contribution in [1.82, 2.24) is 0 Å². The molecule has 4 aromatic carbocycles. The first kappa shape index (κ1) is 18.3. The number of hydrogen-bond acceptors (Lipinski definition) is 2. The van der Waals surface area contributed by atoms with Crippen molar-refractivity contribution < 1.29 is 0 Å². The summed E-state index contributed by atoms with van der Waals surface area (Å²) >= 11 is 10.7. The Labute approximate surface area is 187 Å². The van der Waals surface area contributed by atoms with Crippen LogP contribution in [0, 0.1) is 0 Å². The normalized spacial score (nSPS) is 11.2. The fourth-order valence-corrected chi connectivity index (χ4v) is 6.72. The largest absolute Gasteiger partial charge is 0.135 e. The highest BCUT2D eigenvalue weighted by Gasteiger charge is 2.04. The van der Waals surface area contributed by atoms with Crippen LogP contribution >= 0.6 is 54.5 Å². The lowest BCUT2D eigenvalue weighted by molar-refractivity contribution is 1.77. The van der Waals surface area contributed by atoms with E-state index in [9.17, 15) is 0 Å². The molecule has 0 radical (unpaired) electrons. The second-order valence-corrected chi connectivity index (χ2v) is 10.5. The van der Waals surface area contributed by atoms with Crippen molar-refractivity contribution in [1.29, 1.82) is 0 Å². The molecule has 0 amide bonds. The minimum absolute atomic E-state index is 1.15. The molecule has 0 aliphatic carbocycles. The molecule has 2 heterocycles. The molecule has 0 atom stereocenters. The molecule has 0 spiro atoms. The molecule has 0 fully saturated rings. The van der Waals surface area contributed by atoms with Crippen LogP contribution in [0.1, 0.15) is 0 Å². The SMILES string of the molecule is Brc1ccc2c(c1)sc1ccccc12.Brc1ccc2c(c1)sc1ccccc12. The van der Waals surface area contributed by atoms with Crippen LogP contribution in [0.25, 0.3) is 40.3 Å². The molecular weight excluding hydrogens is 512 g/mol. The van der Waals surface area contributed by atoms with Gasteiger partial charge in [0.1, 0.15) is 0 Å². The maximum absolute atomic E-state index is 3.50. The first-order valence-electron chi connectivity index (χ1n) is 8.83. The van der Waals surface area contributed by atoms with Gasteiger partial charge in [-0.2, -0.15) is 0 Å². The molecule has 0 unspecified atom stereocenters. The summed E-state index contributed by atoms with van der Waals surface area (Å²) in [4.78, 5) is 0. The zero-order valence-corrected chi connectivity index (χ0v) is 19.5. The summed E-state index contributed by atoms with van der Waals surface area (Å²) in [6.07, 6.45) is 0. The van der Waals surface area contributed by atoms with E-state index in [0.29, 0.717) is 0 Å². The van der Waals surface area contributed by atoms with E-state index in [1.165, 1.54) is 40.3 Å². The van der Waals surface area contributed by atoms with Gasteiger partial charge < -0.3 is 0 Å². The van der Waals surface area contributed by atoms with E-state index in [-0.39, 0.29) is 0 Å². The van der Waals surface area contributed by atoms with Gasteiger partial charge in [0.2, 0.25) is 0 Å². The highest BCUT2D eigenvalue weighted by atomic mass is 79.9. The number of fused-ring (bicyclic) bond motifs is 6. The summed E-state index contributed by atoms with van der Waals surface area (Å²) in [6, 6.07) is 30.0. The molecule has 4 heteroatoms. The smallest absolute Gasteiger partial charge is 0.0366 e. The van der Waals surface area contributed by atoms with E-state index < -0.39 is 0 Å². The minimum Gasteiger partial charge on any atom is -0.135 e. The Balaban J connectivity index is 0.000000122. The lowest BCUT2D eigenvalue weighted by Crippen LogP contribution is -1.65. The van der Waals surface area contributed by atoms with Crippen LogP contribution in [-0.2, 0) is 0 Å². The lowest BCUT2D eigenvalue weighted by Gasteiger charge is -1.91. The quantitative estimate of drug-likeness (QED) is 0.185. The third-order valence-corrected chi connectivity index (χ3v) is 7.94. The Bertz CT molecular complexity index is 1330. The van der Waals surface area contributed by atoms with Crippen LogP contribution in [0.15, 0.2) is 93.9 Å². The number of thiophene rings is 2. The van der Waals surface area contributed by atoms with Gasteiger partial charge in [0.15, 0.2) is 0 Å². The monoisotopic (exact) mass is 524 g/mol. The molecule has 0 aliphatic heterocycles. The zero-order chi connectivity index (χ0) is 19.1. The van der Waals surface area contributed by atoms with E-state index in [4.69, 9.17) is 0 Å². The summed E-state index contributed by atoms with van der Waals surface area (Å²) in [7, 11) is 0. The van der Waals surface area contributed by atoms with Crippen molar-refractivity contribution in [2.24, 2.45) is 0 Å². The van der Waals surface area contributed by atoms with Crippen LogP contribution in [-0.4, -0.2) is 0 Å². The second kappa shape index (κ2) is 7.60. The van der Waals surface area contributed by atoms with Crippen molar-refractivity contribution in [2.45, 2.75) is 0 Å². The van der Waals surface area contributed by atoms with Crippen molar-refractivity contribution in [2.75, 3.05) is 0 Å². The molecular formula is C24H14Br2S2. The molecule has 0 aliphatic rings. The predicted octanol–water partition coefficient (Wildman–Crippen LogP) is 9.63. The number of benzene rings is 4. The van der Waals surface area contributed by atoms with E-state index in [0.717, 1.165) is 8.95 Å². The predicted molar refractivity (Wildman–Crippen MR) is 134 cm³/mol. The molecule has 0 saturated heterocycles. The van der Waals surface area contributed by atoms with E-state index >= 15 is 0 Å². The van der Waals surface area contributed by atoms with E-state index in [2.05, 4.69) is 117 Å². The van der Waals surface area contributed by atoms with Gasteiger partial charge in [-0.15, -0.1) is 22.7 Å². The fraction of sp³-hybridized carbons (Fsp3) is 0. The average Bonchev–Trinajstić information content (AvgIpc) is 3.25. The first-order chi connectivity index (χ1) is 13.7. The van der Waals surface area contributed by atoms with Gasteiger partial charge in [-0.3, -0.25) is 0 Å². The second-order valence-electron chi connectivity index (χ2n) is 6.48. The van der Waals surface area contributed by atoms with Crippen molar-refractivity contribution in [3.63, 3.8) is 0 Å². The standard InChI is InChI=1S/2C12H7BrS/c2*13-8-5-6-10-9-3-1-2-4-11(9)14-12(10)7-8/h2*1-7H. The lowest BCUT2D eigenvalue weighted by atomic mass is 10.2. The van der Waals surface area contributed by atoms with Crippen molar-refractivity contribution in [3.8, 4) is 0 Å². The highest BCUT2D eigenvalue weighted by Crippen LogP contribution is 2.35. The van der Waals surface area contributed by atoms with Gasteiger partial charge >= 0.3 is 0 Å². The summed E-state index contributed by atoms with van der Waals surface area (Å²) in [5.41, 5.74) is 0. The van der Waals surface area contributed by atoms with Crippen LogP contribution in [0.3, 0.4) is 0 Å². The van der Waals surface area contributed by atoms with Gasteiger partial charge in [0, 0.05) is 49.3 Å². The van der Waals surface area contributed by atoms with Gasteiger partial charge in [-0.05, 0) is 36.4 Å². The van der Waals surface area contributed by atoms with Crippen molar-refractivity contribution >= 4 is 94.9 Å². The summed E-state index contributed by atoms with van der Waals surface area (Å²) in [5, 5.41) is 5.43. The van der Waals surface area contributed by atoms with Crippen LogP contribution in [0.4, 0.5) is 0 Å². The van der Waals surface area contributed by atoms with Gasteiger partial charge in [0.25, 0.3) is 0 Å². The Hall–Kier alpha value is -1.72. The van der Waals surface area contributed by atoms with E-state index in [1.54, 1.807) is 0 Å². The topological polar surface area (TPSA) is 0 Å². The third-order valence-electron chi connectivity index (χ3n) is 4.68. The maximum atomic E-state index is 3.50. The van der Waals surface area contributed by atoms with Crippen LogP contribution < -0.4 is 0 Å². The Morgan fingerprint density at radius 3 is 1.29 bits per heavy atom. The van der Waals surface area contributed by atoms with Crippen LogP contribution in [0.5, 0.6) is 0 Å². The molecule has 2 aromatic heterocycles. The first-order valence-corrected chi connectivity index (χ1v) is 12.0. The highest BCUT2D eigenvalue weighted by molar-refractivity contribution is 9.10. The summed E-state index contributed by atoms with van der Waals surface area (Å²) in [5.74, 6) is 0. The maximum Gasteiger partial charge on any atom is 0.0366 e. The Kier molecular flexibility index (Phi) is 4.97. The summed E-state index contributed by atoms with van der Waals surface area (Å²) in [6.45, 7) is 0.